The zero-order valence-corrected chi connectivity index (χ0v) is 22.5. The van der Waals surface area contributed by atoms with Crippen LogP contribution in [-0.2, 0) is 27.8 Å². The molecule has 38 heavy (non-hydrogen) atoms. The van der Waals surface area contributed by atoms with Gasteiger partial charge in [-0.05, 0) is 54.2 Å². The maximum absolute atomic E-state index is 13.4. The van der Waals surface area contributed by atoms with Gasteiger partial charge >= 0.3 is 6.09 Å². The summed E-state index contributed by atoms with van der Waals surface area (Å²) in [5.41, 5.74) is 1.67. The predicted molar refractivity (Wildman–Crippen MR) is 144 cm³/mol. The standard InChI is InChI=1S/C29H35FN2O5S/c1-22(2)17-18-32(38(35,36)26-15-13-25(30)14-16-26)20-28(33)27(19-23-9-5-3-6-10-23)31-29(34)37-21-24-11-7-4-8-12-24/h3-16,22,27-28,33H,17-21H2,1-2H3,(H,31,34)/t27-,28+/m0/s1. The molecule has 0 saturated carbocycles. The number of hydrogen-bond donors (Lipinski definition) is 2. The van der Waals surface area contributed by atoms with Crippen LogP contribution in [0.15, 0.2) is 89.8 Å². The summed E-state index contributed by atoms with van der Waals surface area (Å²) < 4.78 is 46.9. The van der Waals surface area contributed by atoms with Crippen LogP contribution in [0.25, 0.3) is 0 Å². The van der Waals surface area contributed by atoms with Crippen molar-refractivity contribution in [1.82, 2.24) is 9.62 Å². The van der Waals surface area contributed by atoms with Gasteiger partial charge in [0, 0.05) is 13.1 Å². The minimum atomic E-state index is -4.03. The average molecular weight is 543 g/mol. The Morgan fingerprint density at radius 3 is 2.11 bits per heavy atom. The van der Waals surface area contributed by atoms with Crippen molar-refractivity contribution in [1.29, 1.82) is 0 Å². The van der Waals surface area contributed by atoms with Gasteiger partial charge in [0.15, 0.2) is 0 Å². The number of halogens is 1. The number of nitrogens with one attached hydrogen (secondary N) is 1. The molecule has 0 aliphatic carbocycles. The third-order valence-corrected chi connectivity index (χ3v) is 7.96. The number of carbonyl (C=O) groups is 1. The number of amides is 1. The Hall–Kier alpha value is -3.27. The van der Waals surface area contributed by atoms with Crippen molar-refractivity contribution >= 4 is 16.1 Å². The van der Waals surface area contributed by atoms with E-state index in [2.05, 4.69) is 5.32 Å². The molecule has 0 aliphatic heterocycles. The quantitative estimate of drug-likeness (QED) is 0.325. The number of carbonyl (C=O) groups excluding carboxylic acids is 1. The molecule has 0 radical (unpaired) electrons. The first-order valence-corrected chi connectivity index (χ1v) is 14.0. The summed E-state index contributed by atoms with van der Waals surface area (Å²) in [6, 6.07) is 22.3. The fraction of sp³-hybridized carbons (Fsp3) is 0.345. The molecular weight excluding hydrogens is 507 g/mol. The van der Waals surface area contributed by atoms with Gasteiger partial charge in [-0.2, -0.15) is 4.31 Å². The molecule has 0 saturated heterocycles. The molecule has 0 bridgehead atoms. The summed E-state index contributed by atoms with van der Waals surface area (Å²) in [6.45, 7) is 3.90. The van der Waals surface area contributed by atoms with Gasteiger partial charge in [-0.15, -0.1) is 0 Å². The van der Waals surface area contributed by atoms with E-state index in [0.717, 1.165) is 23.3 Å². The van der Waals surface area contributed by atoms with Gasteiger partial charge in [0.1, 0.15) is 12.4 Å². The van der Waals surface area contributed by atoms with E-state index >= 15 is 0 Å². The average Bonchev–Trinajstić information content (AvgIpc) is 2.90. The number of rotatable bonds is 13. The number of nitrogens with zero attached hydrogens (tertiary/aromatic N) is 1. The SMILES string of the molecule is CC(C)CCN(C[C@@H](O)[C@H](Cc1ccccc1)NC(=O)OCc1ccccc1)S(=O)(=O)c1ccc(F)cc1. The van der Waals surface area contributed by atoms with E-state index in [4.69, 9.17) is 4.74 Å². The summed E-state index contributed by atoms with van der Waals surface area (Å²) in [5.74, 6) is -0.330. The molecule has 3 aromatic rings. The molecule has 204 valence electrons. The van der Waals surface area contributed by atoms with Gasteiger partial charge in [0.2, 0.25) is 10.0 Å². The van der Waals surface area contributed by atoms with E-state index < -0.39 is 34.1 Å². The molecule has 0 unspecified atom stereocenters. The van der Waals surface area contributed by atoms with Crippen molar-refractivity contribution in [2.75, 3.05) is 13.1 Å². The van der Waals surface area contributed by atoms with Gasteiger partial charge in [-0.1, -0.05) is 74.5 Å². The molecule has 3 aromatic carbocycles. The Labute approximate surface area is 224 Å². The molecule has 1 amide bonds. The molecule has 0 heterocycles. The fourth-order valence-electron chi connectivity index (χ4n) is 3.87. The second kappa shape index (κ2) is 14.0. The van der Waals surface area contributed by atoms with Gasteiger partial charge < -0.3 is 15.2 Å². The highest BCUT2D eigenvalue weighted by molar-refractivity contribution is 7.89. The van der Waals surface area contributed by atoms with Crippen LogP contribution in [0.2, 0.25) is 0 Å². The van der Waals surface area contributed by atoms with Crippen molar-refractivity contribution in [3.05, 3.63) is 102 Å². The molecule has 7 nitrogen and oxygen atoms in total. The van der Waals surface area contributed by atoms with Crippen molar-refractivity contribution in [2.45, 2.75) is 50.3 Å². The van der Waals surface area contributed by atoms with E-state index in [-0.39, 0.29) is 36.9 Å². The maximum Gasteiger partial charge on any atom is 0.407 e. The Balaban J connectivity index is 1.79. The molecule has 2 N–H and O–H groups in total. The van der Waals surface area contributed by atoms with E-state index in [0.29, 0.717) is 6.42 Å². The number of sulfonamides is 1. The molecule has 2 atom stereocenters. The molecular formula is C29H35FN2O5S. The second-order valence-corrected chi connectivity index (χ2v) is 11.5. The highest BCUT2D eigenvalue weighted by Crippen LogP contribution is 2.20. The van der Waals surface area contributed by atoms with Crippen molar-refractivity contribution in [3.8, 4) is 0 Å². The lowest BCUT2D eigenvalue weighted by Gasteiger charge is -2.30. The fourth-order valence-corrected chi connectivity index (χ4v) is 5.34. The predicted octanol–water partition coefficient (Wildman–Crippen LogP) is 4.76. The van der Waals surface area contributed by atoms with Gasteiger partial charge in [0.05, 0.1) is 17.0 Å². The zero-order chi connectivity index (χ0) is 27.5. The number of benzene rings is 3. The van der Waals surface area contributed by atoms with Crippen LogP contribution in [0.4, 0.5) is 9.18 Å². The maximum atomic E-state index is 13.4. The van der Waals surface area contributed by atoms with Crippen LogP contribution >= 0.6 is 0 Å². The Kier molecular flexibility index (Phi) is 10.8. The highest BCUT2D eigenvalue weighted by Gasteiger charge is 2.31. The Morgan fingerprint density at radius 1 is 0.947 bits per heavy atom. The van der Waals surface area contributed by atoms with Crippen molar-refractivity contribution in [2.24, 2.45) is 5.92 Å². The number of aliphatic hydroxyl groups is 1. The number of ether oxygens (including phenoxy) is 1. The Morgan fingerprint density at radius 2 is 1.53 bits per heavy atom. The normalized spacial score (nSPS) is 13.3. The highest BCUT2D eigenvalue weighted by atomic mass is 32.2. The van der Waals surface area contributed by atoms with Crippen LogP contribution in [-0.4, -0.2) is 49.2 Å². The lowest BCUT2D eigenvalue weighted by atomic mass is 10.0. The van der Waals surface area contributed by atoms with Crippen LogP contribution in [0.1, 0.15) is 31.4 Å². The van der Waals surface area contributed by atoms with Crippen LogP contribution in [0, 0.1) is 11.7 Å². The van der Waals surface area contributed by atoms with Crippen LogP contribution in [0.5, 0.6) is 0 Å². The molecule has 3 rings (SSSR count). The van der Waals surface area contributed by atoms with Gasteiger partial charge in [-0.25, -0.2) is 17.6 Å². The number of alkyl carbamates (subject to hydrolysis) is 1. The molecule has 0 fully saturated rings. The number of hydrogen-bond acceptors (Lipinski definition) is 5. The van der Waals surface area contributed by atoms with Crippen LogP contribution in [0.3, 0.4) is 0 Å². The topological polar surface area (TPSA) is 95.9 Å². The smallest absolute Gasteiger partial charge is 0.407 e. The lowest BCUT2D eigenvalue weighted by molar-refractivity contribution is 0.0883. The van der Waals surface area contributed by atoms with Crippen molar-refractivity contribution < 1.29 is 27.4 Å². The summed E-state index contributed by atoms with van der Waals surface area (Å²) >= 11 is 0. The van der Waals surface area contributed by atoms with Gasteiger partial charge in [0.25, 0.3) is 0 Å². The molecule has 0 spiro atoms. The summed E-state index contributed by atoms with van der Waals surface area (Å²) in [7, 11) is -4.03. The van der Waals surface area contributed by atoms with E-state index in [1.807, 2.05) is 74.5 Å². The summed E-state index contributed by atoms with van der Waals surface area (Å²) in [4.78, 5) is 12.6. The monoisotopic (exact) mass is 542 g/mol. The van der Waals surface area contributed by atoms with E-state index in [1.54, 1.807) is 0 Å². The minimum Gasteiger partial charge on any atom is -0.445 e. The summed E-state index contributed by atoms with van der Waals surface area (Å²) in [5, 5.41) is 14.0. The zero-order valence-electron chi connectivity index (χ0n) is 21.7. The van der Waals surface area contributed by atoms with E-state index in [9.17, 15) is 22.7 Å². The minimum absolute atomic E-state index is 0.0558. The second-order valence-electron chi connectivity index (χ2n) is 9.57. The third-order valence-electron chi connectivity index (χ3n) is 6.08. The lowest BCUT2D eigenvalue weighted by Crippen LogP contribution is -2.50. The first-order valence-electron chi connectivity index (χ1n) is 12.6. The number of aliphatic hydroxyl groups excluding tert-OH is 1. The van der Waals surface area contributed by atoms with Crippen LogP contribution < -0.4 is 5.32 Å². The molecule has 9 heteroatoms. The van der Waals surface area contributed by atoms with E-state index in [1.165, 1.54) is 16.4 Å². The largest absolute Gasteiger partial charge is 0.445 e. The first-order chi connectivity index (χ1) is 18.1. The van der Waals surface area contributed by atoms with Gasteiger partial charge in [-0.3, -0.25) is 0 Å². The first kappa shape index (κ1) is 29.3. The van der Waals surface area contributed by atoms with Crippen molar-refractivity contribution in [3.63, 3.8) is 0 Å². The summed E-state index contributed by atoms with van der Waals surface area (Å²) in [6.07, 6.45) is -1.15. The molecule has 0 aromatic heterocycles. The third kappa shape index (κ3) is 8.93. The Bertz CT molecular complexity index is 1240. The molecule has 0 aliphatic rings.